The maximum atomic E-state index is 12.4. The summed E-state index contributed by atoms with van der Waals surface area (Å²) in [5, 5.41) is 6.96. The minimum Gasteiger partial charge on any atom is -0.497 e. The molecule has 3 aromatic rings. The fourth-order valence-corrected chi connectivity index (χ4v) is 4.23. The third kappa shape index (κ3) is 4.03. The molecule has 160 valence electrons. The monoisotopic (exact) mass is 419 g/mol. The van der Waals surface area contributed by atoms with E-state index < -0.39 is 0 Å². The Balaban J connectivity index is 1.25. The predicted molar refractivity (Wildman–Crippen MR) is 115 cm³/mol. The highest BCUT2D eigenvalue weighted by atomic mass is 16.5. The maximum Gasteiger partial charge on any atom is 0.256 e. The fraction of sp³-hybridized carbons (Fsp3) is 0.391. The average Bonchev–Trinajstić information content (AvgIpc) is 3.43. The first-order valence-electron chi connectivity index (χ1n) is 10.7. The van der Waals surface area contributed by atoms with E-state index >= 15 is 0 Å². The third-order valence-electron chi connectivity index (χ3n) is 6.18. The average molecular weight is 419 g/mol. The van der Waals surface area contributed by atoms with Crippen molar-refractivity contribution in [2.24, 2.45) is 0 Å². The van der Waals surface area contributed by atoms with Gasteiger partial charge < -0.3 is 14.6 Å². The van der Waals surface area contributed by atoms with Gasteiger partial charge in [0.2, 0.25) is 11.7 Å². The Kier molecular flexibility index (Phi) is 5.38. The van der Waals surface area contributed by atoms with Gasteiger partial charge in [0.15, 0.2) is 0 Å². The summed E-state index contributed by atoms with van der Waals surface area (Å²) in [5.74, 6) is 2.14. The van der Waals surface area contributed by atoms with Crippen LogP contribution >= 0.6 is 0 Å². The molecule has 1 aliphatic heterocycles. The molecule has 1 amide bonds. The van der Waals surface area contributed by atoms with Gasteiger partial charge in [-0.15, -0.1) is 0 Å². The van der Waals surface area contributed by atoms with E-state index in [1.807, 2.05) is 6.07 Å². The largest absolute Gasteiger partial charge is 0.497 e. The number of benzene rings is 1. The lowest BCUT2D eigenvalue weighted by atomic mass is 9.91. The van der Waals surface area contributed by atoms with Crippen LogP contribution in [0.2, 0.25) is 0 Å². The van der Waals surface area contributed by atoms with Gasteiger partial charge in [-0.1, -0.05) is 11.6 Å². The lowest BCUT2D eigenvalue weighted by Gasteiger charge is -2.37. The van der Waals surface area contributed by atoms with Crippen LogP contribution in [0.15, 0.2) is 47.1 Å². The summed E-state index contributed by atoms with van der Waals surface area (Å²) >= 11 is 0. The van der Waals surface area contributed by atoms with Crippen LogP contribution in [-0.2, 0) is 0 Å². The minimum absolute atomic E-state index is 0.225. The number of amides is 1. The van der Waals surface area contributed by atoms with E-state index in [1.165, 1.54) is 25.7 Å². The second kappa shape index (κ2) is 8.47. The summed E-state index contributed by atoms with van der Waals surface area (Å²) in [4.78, 5) is 23.9. The van der Waals surface area contributed by atoms with Crippen LogP contribution in [0.25, 0.3) is 11.4 Å². The van der Waals surface area contributed by atoms with Crippen molar-refractivity contribution in [3.8, 4) is 17.1 Å². The summed E-state index contributed by atoms with van der Waals surface area (Å²) in [6.07, 6.45) is 7.73. The lowest BCUT2D eigenvalue weighted by Crippen LogP contribution is -2.39. The first-order valence-corrected chi connectivity index (χ1v) is 10.7. The molecule has 1 saturated heterocycles. The van der Waals surface area contributed by atoms with Crippen molar-refractivity contribution in [2.45, 2.75) is 44.2 Å². The number of nitrogens with zero attached hydrogens (tertiary/aromatic N) is 4. The quantitative estimate of drug-likeness (QED) is 0.643. The number of hydrogen-bond acceptors (Lipinski definition) is 7. The summed E-state index contributed by atoms with van der Waals surface area (Å²) in [6, 6.07) is 11.4. The van der Waals surface area contributed by atoms with Gasteiger partial charge in [-0.3, -0.25) is 9.69 Å². The molecule has 8 heteroatoms. The molecule has 1 saturated carbocycles. The number of hydrogen-bond donors (Lipinski definition) is 1. The molecule has 31 heavy (non-hydrogen) atoms. The highest BCUT2D eigenvalue weighted by molar-refractivity contribution is 6.03. The number of carbonyl (C=O) groups is 1. The molecule has 2 fully saturated rings. The number of anilines is 1. The lowest BCUT2D eigenvalue weighted by molar-refractivity contribution is 0.0966. The molecule has 0 radical (unpaired) electrons. The van der Waals surface area contributed by atoms with E-state index in [9.17, 15) is 4.79 Å². The molecule has 3 heterocycles. The van der Waals surface area contributed by atoms with Crippen molar-refractivity contribution >= 4 is 11.7 Å². The van der Waals surface area contributed by atoms with E-state index in [4.69, 9.17) is 9.26 Å². The first-order chi connectivity index (χ1) is 15.2. The number of carbonyl (C=O) groups excluding carboxylic acids is 1. The van der Waals surface area contributed by atoms with Crippen LogP contribution in [0.4, 0.5) is 5.82 Å². The molecule has 5 rings (SSSR count). The van der Waals surface area contributed by atoms with Gasteiger partial charge in [-0.05, 0) is 68.6 Å². The van der Waals surface area contributed by atoms with Gasteiger partial charge in [0.1, 0.15) is 11.6 Å². The molecular weight excluding hydrogens is 394 g/mol. The minimum atomic E-state index is -0.234. The van der Waals surface area contributed by atoms with Crippen LogP contribution in [0.1, 0.15) is 54.4 Å². The van der Waals surface area contributed by atoms with Gasteiger partial charge in [-0.2, -0.15) is 4.98 Å². The molecule has 1 unspecified atom stereocenters. The van der Waals surface area contributed by atoms with Crippen LogP contribution in [-0.4, -0.2) is 45.6 Å². The number of ether oxygens (including phenoxy) is 1. The van der Waals surface area contributed by atoms with Crippen molar-refractivity contribution in [1.82, 2.24) is 20.0 Å². The first kappa shape index (κ1) is 19.7. The normalized spacial score (nSPS) is 19.2. The summed E-state index contributed by atoms with van der Waals surface area (Å²) in [6.45, 7) is 1.11. The van der Waals surface area contributed by atoms with E-state index in [1.54, 1.807) is 43.6 Å². The zero-order chi connectivity index (χ0) is 21.2. The fourth-order valence-electron chi connectivity index (χ4n) is 4.23. The smallest absolute Gasteiger partial charge is 0.256 e. The van der Waals surface area contributed by atoms with E-state index in [2.05, 4.69) is 25.3 Å². The summed E-state index contributed by atoms with van der Waals surface area (Å²) in [7, 11) is 1.59. The van der Waals surface area contributed by atoms with E-state index in [0.29, 0.717) is 34.9 Å². The molecule has 0 bridgehead atoms. The van der Waals surface area contributed by atoms with Crippen LogP contribution in [0.5, 0.6) is 5.75 Å². The number of methoxy groups -OCH3 is 1. The van der Waals surface area contributed by atoms with Gasteiger partial charge in [0, 0.05) is 23.4 Å². The molecule has 0 spiro atoms. The van der Waals surface area contributed by atoms with Crippen molar-refractivity contribution in [3.05, 3.63) is 54.0 Å². The Morgan fingerprint density at radius 3 is 2.65 bits per heavy atom. The Bertz CT molecular complexity index is 1040. The zero-order valence-corrected chi connectivity index (χ0v) is 17.5. The Labute approximate surface area is 180 Å². The second-order valence-corrected chi connectivity index (χ2v) is 8.05. The molecule has 8 nitrogen and oxygen atoms in total. The number of nitrogens with one attached hydrogen (secondary N) is 1. The molecule has 2 aliphatic rings. The highest BCUT2D eigenvalue weighted by Crippen LogP contribution is 2.38. The Morgan fingerprint density at radius 2 is 1.97 bits per heavy atom. The Hall–Kier alpha value is -3.26. The van der Waals surface area contributed by atoms with Gasteiger partial charge in [-0.25, -0.2) is 4.98 Å². The zero-order valence-electron chi connectivity index (χ0n) is 17.5. The number of pyridine rings is 1. The number of likely N-dealkylation sites (tertiary alicyclic amines) is 1. The van der Waals surface area contributed by atoms with Gasteiger partial charge >= 0.3 is 0 Å². The molecule has 1 N–H and O–H groups in total. The topological polar surface area (TPSA) is 93.4 Å². The molecule has 1 aliphatic carbocycles. The highest BCUT2D eigenvalue weighted by Gasteiger charge is 2.37. The van der Waals surface area contributed by atoms with Crippen LogP contribution in [0, 0.1) is 0 Å². The summed E-state index contributed by atoms with van der Waals surface area (Å²) < 4.78 is 10.7. The second-order valence-electron chi connectivity index (χ2n) is 8.05. The van der Waals surface area contributed by atoms with Crippen LogP contribution < -0.4 is 10.1 Å². The number of rotatable bonds is 6. The van der Waals surface area contributed by atoms with Crippen molar-refractivity contribution in [1.29, 1.82) is 0 Å². The van der Waals surface area contributed by atoms with E-state index in [0.717, 1.165) is 18.5 Å². The maximum absolute atomic E-state index is 12.4. The Morgan fingerprint density at radius 1 is 1.13 bits per heavy atom. The van der Waals surface area contributed by atoms with Gasteiger partial charge in [0.05, 0.1) is 13.2 Å². The molecule has 1 atom stereocenters. The number of aromatic nitrogens is 3. The van der Waals surface area contributed by atoms with E-state index in [-0.39, 0.29) is 11.9 Å². The predicted octanol–water partition coefficient (Wildman–Crippen LogP) is 4.08. The van der Waals surface area contributed by atoms with Gasteiger partial charge in [0.25, 0.3) is 5.91 Å². The summed E-state index contributed by atoms with van der Waals surface area (Å²) in [5.41, 5.74) is 1.28. The molecule has 1 aromatic carbocycles. The SMILES string of the molecule is COc1ccc(C(=O)Nc2ccc(-c3noc(C4CCCN4C4CCC4)n3)cn2)cc1. The standard InChI is InChI=1S/C23H25N5O3/c1-30-18-10-7-15(8-11-18)22(29)25-20-12-9-16(14-24-20)21-26-23(31-27-21)19-6-3-13-28(19)17-4-2-5-17/h7-12,14,17,19H,2-6,13H2,1H3,(H,24,25,29). The third-order valence-corrected chi connectivity index (χ3v) is 6.18. The van der Waals surface area contributed by atoms with Crippen molar-refractivity contribution in [3.63, 3.8) is 0 Å². The molecule has 2 aromatic heterocycles. The van der Waals surface area contributed by atoms with Crippen molar-refractivity contribution in [2.75, 3.05) is 19.0 Å². The van der Waals surface area contributed by atoms with Crippen molar-refractivity contribution < 1.29 is 14.1 Å². The van der Waals surface area contributed by atoms with Crippen LogP contribution in [0.3, 0.4) is 0 Å². The molecular formula is C23H25N5O3.